The Morgan fingerprint density at radius 1 is 1.33 bits per heavy atom. The van der Waals surface area contributed by atoms with E-state index in [0.29, 0.717) is 13.2 Å². The third-order valence-corrected chi connectivity index (χ3v) is 8.29. The molecule has 1 saturated heterocycles. The zero-order valence-electron chi connectivity index (χ0n) is 12.0. The maximum absolute atomic E-state index is 11.6. The van der Waals surface area contributed by atoms with Gasteiger partial charge < -0.3 is 14.6 Å². The zero-order chi connectivity index (χ0) is 14.0. The minimum Gasteiger partial charge on any atom is -0.415 e. The van der Waals surface area contributed by atoms with Crippen LogP contribution >= 0.6 is 0 Å². The van der Waals surface area contributed by atoms with E-state index in [1.54, 1.807) is 4.90 Å². The summed E-state index contributed by atoms with van der Waals surface area (Å²) in [5.41, 5.74) is 0. The zero-order valence-corrected chi connectivity index (χ0v) is 13.0. The Balaban J connectivity index is 2.42. The molecular weight excluding hydrogens is 248 g/mol. The monoisotopic (exact) mass is 272 g/mol. The van der Waals surface area contributed by atoms with Crippen molar-refractivity contribution in [2.75, 3.05) is 26.2 Å². The van der Waals surface area contributed by atoms with Gasteiger partial charge >= 0.3 is 0 Å². The minimum atomic E-state index is -1.77. The highest BCUT2D eigenvalue weighted by Crippen LogP contribution is 2.36. The van der Waals surface area contributed by atoms with Crippen molar-refractivity contribution in [3.63, 3.8) is 0 Å². The summed E-state index contributed by atoms with van der Waals surface area (Å²) in [6.45, 7) is 12.2. The SMILES string of the molecule is CC(C)(C)[Si](C)(C)OCCN1CC(=O)NCC1=O. The number of hydrogen-bond acceptors (Lipinski definition) is 3. The fraction of sp³-hybridized carbons (Fsp3) is 0.833. The summed E-state index contributed by atoms with van der Waals surface area (Å²) in [5.74, 6) is -0.129. The van der Waals surface area contributed by atoms with Crippen molar-refractivity contribution in [1.82, 2.24) is 10.2 Å². The van der Waals surface area contributed by atoms with E-state index in [4.69, 9.17) is 4.43 Å². The van der Waals surface area contributed by atoms with Crippen LogP contribution in [0.3, 0.4) is 0 Å². The van der Waals surface area contributed by atoms with Crippen molar-refractivity contribution in [2.45, 2.75) is 38.9 Å². The third-order valence-electron chi connectivity index (χ3n) is 3.75. The van der Waals surface area contributed by atoms with Gasteiger partial charge in [-0.3, -0.25) is 9.59 Å². The largest absolute Gasteiger partial charge is 0.415 e. The van der Waals surface area contributed by atoms with Crippen molar-refractivity contribution in [3.05, 3.63) is 0 Å². The second-order valence-electron chi connectivity index (χ2n) is 6.20. The molecule has 2 amide bonds. The molecule has 18 heavy (non-hydrogen) atoms. The fourth-order valence-corrected chi connectivity index (χ4v) is 2.47. The molecule has 1 aliphatic heterocycles. The van der Waals surface area contributed by atoms with Crippen LogP contribution in [0.25, 0.3) is 0 Å². The molecular formula is C12H24N2O3Si. The van der Waals surface area contributed by atoms with Crippen LogP contribution in [-0.4, -0.2) is 51.3 Å². The van der Waals surface area contributed by atoms with Gasteiger partial charge in [-0.1, -0.05) is 20.8 Å². The molecule has 104 valence electrons. The third kappa shape index (κ3) is 3.81. The average molecular weight is 272 g/mol. The van der Waals surface area contributed by atoms with E-state index >= 15 is 0 Å². The van der Waals surface area contributed by atoms with Crippen molar-refractivity contribution >= 4 is 20.1 Å². The first kappa shape index (κ1) is 15.2. The van der Waals surface area contributed by atoms with Crippen LogP contribution < -0.4 is 5.32 Å². The van der Waals surface area contributed by atoms with Gasteiger partial charge in [0.05, 0.1) is 19.7 Å². The lowest BCUT2D eigenvalue weighted by Crippen LogP contribution is -2.53. The molecule has 0 aromatic carbocycles. The molecule has 1 aliphatic rings. The Labute approximate surface area is 110 Å². The molecule has 1 N–H and O–H groups in total. The lowest BCUT2D eigenvalue weighted by molar-refractivity contribution is -0.140. The number of carbonyl (C=O) groups excluding carboxylic acids is 2. The number of piperazine rings is 1. The number of hydrogen-bond donors (Lipinski definition) is 1. The number of nitrogens with zero attached hydrogens (tertiary/aromatic N) is 1. The fourth-order valence-electron chi connectivity index (χ4n) is 1.43. The molecule has 1 rings (SSSR count). The van der Waals surface area contributed by atoms with Gasteiger partial charge in [0.15, 0.2) is 8.32 Å². The highest BCUT2D eigenvalue weighted by atomic mass is 28.4. The molecule has 0 bridgehead atoms. The van der Waals surface area contributed by atoms with E-state index in [-0.39, 0.29) is 29.9 Å². The summed E-state index contributed by atoms with van der Waals surface area (Å²) in [4.78, 5) is 24.3. The normalized spacial score (nSPS) is 17.9. The van der Waals surface area contributed by atoms with Gasteiger partial charge in [0.25, 0.3) is 0 Å². The van der Waals surface area contributed by atoms with E-state index in [1.807, 2.05) is 0 Å². The summed E-state index contributed by atoms with van der Waals surface area (Å²) in [6, 6.07) is 0. The Hall–Kier alpha value is -0.883. The molecule has 6 heteroatoms. The molecule has 5 nitrogen and oxygen atoms in total. The quantitative estimate of drug-likeness (QED) is 0.776. The van der Waals surface area contributed by atoms with Crippen molar-refractivity contribution in [3.8, 4) is 0 Å². The van der Waals surface area contributed by atoms with Gasteiger partial charge in [-0.2, -0.15) is 0 Å². The topological polar surface area (TPSA) is 58.6 Å². The Kier molecular flexibility index (Phi) is 4.55. The van der Waals surface area contributed by atoms with Gasteiger partial charge in [0, 0.05) is 6.54 Å². The maximum atomic E-state index is 11.6. The van der Waals surface area contributed by atoms with Crippen LogP contribution in [0.4, 0.5) is 0 Å². The summed E-state index contributed by atoms with van der Waals surface area (Å²) in [6.07, 6.45) is 0. The van der Waals surface area contributed by atoms with Crippen LogP contribution in [0.2, 0.25) is 18.1 Å². The standard InChI is InChI=1S/C12H24N2O3Si/c1-12(2,3)18(4,5)17-7-6-14-9-10(15)13-8-11(14)16/h6-9H2,1-5H3,(H,13,15). The number of amides is 2. The van der Waals surface area contributed by atoms with Crippen molar-refractivity contribution in [1.29, 1.82) is 0 Å². The van der Waals surface area contributed by atoms with Gasteiger partial charge in [0.1, 0.15) is 0 Å². The number of nitrogens with one attached hydrogen (secondary N) is 1. The molecule has 0 saturated carbocycles. The molecule has 1 heterocycles. The molecule has 0 atom stereocenters. The maximum Gasteiger partial charge on any atom is 0.242 e. The number of rotatable bonds is 4. The van der Waals surface area contributed by atoms with E-state index < -0.39 is 8.32 Å². The molecule has 0 aromatic rings. The minimum absolute atomic E-state index is 0.0339. The van der Waals surface area contributed by atoms with Crippen LogP contribution in [0.5, 0.6) is 0 Å². The lowest BCUT2D eigenvalue weighted by Gasteiger charge is -2.37. The summed E-state index contributed by atoms with van der Waals surface area (Å²) in [7, 11) is -1.77. The summed E-state index contributed by atoms with van der Waals surface area (Å²) < 4.78 is 5.99. The first-order chi connectivity index (χ1) is 8.13. The highest BCUT2D eigenvalue weighted by molar-refractivity contribution is 6.74. The van der Waals surface area contributed by atoms with Gasteiger partial charge in [-0.15, -0.1) is 0 Å². The molecule has 0 unspecified atom stereocenters. The Bertz CT molecular complexity index is 337. The molecule has 1 fully saturated rings. The summed E-state index contributed by atoms with van der Waals surface area (Å²) >= 11 is 0. The van der Waals surface area contributed by atoms with Gasteiger partial charge in [0.2, 0.25) is 11.8 Å². The van der Waals surface area contributed by atoms with Crippen LogP contribution in [0.15, 0.2) is 0 Å². The van der Waals surface area contributed by atoms with Gasteiger partial charge in [-0.05, 0) is 18.1 Å². The summed E-state index contributed by atoms with van der Waals surface area (Å²) in [5, 5.41) is 2.69. The molecule has 0 radical (unpaired) electrons. The molecule has 0 spiro atoms. The molecule has 0 aromatic heterocycles. The van der Waals surface area contributed by atoms with Crippen molar-refractivity contribution < 1.29 is 14.0 Å². The highest BCUT2D eigenvalue weighted by Gasteiger charge is 2.37. The van der Waals surface area contributed by atoms with Crippen LogP contribution in [-0.2, 0) is 14.0 Å². The van der Waals surface area contributed by atoms with E-state index in [9.17, 15) is 9.59 Å². The smallest absolute Gasteiger partial charge is 0.242 e. The molecule has 0 aliphatic carbocycles. The van der Waals surface area contributed by atoms with Crippen LogP contribution in [0, 0.1) is 0 Å². The Morgan fingerprint density at radius 3 is 2.50 bits per heavy atom. The Morgan fingerprint density at radius 2 is 1.94 bits per heavy atom. The van der Waals surface area contributed by atoms with Crippen molar-refractivity contribution in [2.24, 2.45) is 0 Å². The number of carbonyl (C=O) groups is 2. The van der Waals surface area contributed by atoms with E-state index in [0.717, 1.165) is 0 Å². The van der Waals surface area contributed by atoms with Gasteiger partial charge in [-0.25, -0.2) is 0 Å². The first-order valence-corrected chi connectivity index (χ1v) is 9.23. The average Bonchev–Trinajstić information content (AvgIpc) is 2.21. The predicted molar refractivity (Wildman–Crippen MR) is 72.7 cm³/mol. The lowest BCUT2D eigenvalue weighted by atomic mass is 10.2. The second-order valence-corrected chi connectivity index (χ2v) is 11.0. The van der Waals surface area contributed by atoms with E-state index in [2.05, 4.69) is 39.2 Å². The first-order valence-electron chi connectivity index (χ1n) is 6.32. The second kappa shape index (κ2) is 5.40. The van der Waals surface area contributed by atoms with E-state index in [1.165, 1.54) is 0 Å². The predicted octanol–water partition coefficient (Wildman–Crippen LogP) is 0.967. The van der Waals surface area contributed by atoms with Crippen LogP contribution in [0.1, 0.15) is 20.8 Å².